The highest BCUT2D eigenvalue weighted by Gasteiger charge is 2.24. The number of benzene rings is 1. The minimum atomic E-state index is -0.146. The van der Waals surface area contributed by atoms with E-state index in [9.17, 15) is 4.39 Å². The Labute approximate surface area is 123 Å². The average Bonchev–Trinajstić information content (AvgIpc) is 2.86. The monoisotopic (exact) mass is 277 g/mol. The molecule has 112 valence electrons. The second-order valence-corrected chi connectivity index (χ2v) is 6.32. The molecule has 1 nitrogen and oxygen atoms in total. The van der Waals surface area contributed by atoms with E-state index in [0.29, 0.717) is 6.04 Å². The third-order valence-electron chi connectivity index (χ3n) is 4.78. The quantitative estimate of drug-likeness (QED) is 0.732. The summed E-state index contributed by atoms with van der Waals surface area (Å²) in [5, 5.41) is 3.74. The summed E-state index contributed by atoms with van der Waals surface area (Å²) in [6.07, 6.45) is 7.68. The number of hydrogen-bond acceptors (Lipinski definition) is 1. The first-order valence-electron chi connectivity index (χ1n) is 8.19. The minimum absolute atomic E-state index is 0.146. The molecular weight excluding hydrogens is 249 g/mol. The predicted molar refractivity (Wildman–Crippen MR) is 83.2 cm³/mol. The minimum Gasteiger partial charge on any atom is -0.310 e. The van der Waals surface area contributed by atoms with Crippen LogP contribution in [0.15, 0.2) is 24.3 Å². The average molecular weight is 277 g/mol. The van der Waals surface area contributed by atoms with Crippen LogP contribution in [-0.2, 0) is 0 Å². The van der Waals surface area contributed by atoms with E-state index in [-0.39, 0.29) is 5.82 Å². The van der Waals surface area contributed by atoms with Crippen molar-refractivity contribution < 1.29 is 4.39 Å². The van der Waals surface area contributed by atoms with Crippen molar-refractivity contribution >= 4 is 0 Å². The van der Waals surface area contributed by atoms with E-state index < -0.39 is 0 Å². The summed E-state index contributed by atoms with van der Waals surface area (Å²) in [5.41, 5.74) is 1.23. The molecular formula is C18H28FN. The molecule has 1 aromatic carbocycles. The van der Waals surface area contributed by atoms with E-state index in [4.69, 9.17) is 0 Å². The topological polar surface area (TPSA) is 12.0 Å². The van der Waals surface area contributed by atoms with Crippen LogP contribution in [0.3, 0.4) is 0 Å². The zero-order chi connectivity index (χ0) is 14.4. The molecule has 20 heavy (non-hydrogen) atoms. The van der Waals surface area contributed by atoms with Crippen LogP contribution in [0.1, 0.15) is 64.0 Å². The molecule has 0 saturated heterocycles. The van der Waals surface area contributed by atoms with Crippen LogP contribution in [0.25, 0.3) is 0 Å². The molecule has 1 N–H and O–H groups in total. The van der Waals surface area contributed by atoms with Crippen LogP contribution in [0.4, 0.5) is 4.39 Å². The Morgan fingerprint density at radius 1 is 1.25 bits per heavy atom. The van der Waals surface area contributed by atoms with Gasteiger partial charge >= 0.3 is 0 Å². The molecule has 1 aromatic rings. The Balaban J connectivity index is 1.94. The molecule has 2 heteroatoms. The van der Waals surface area contributed by atoms with Crippen molar-refractivity contribution in [2.24, 2.45) is 11.8 Å². The highest BCUT2D eigenvalue weighted by atomic mass is 19.1. The van der Waals surface area contributed by atoms with E-state index in [1.54, 1.807) is 12.1 Å². The fraction of sp³-hybridized carbons (Fsp3) is 0.667. The second kappa shape index (κ2) is 7.78. The molecule has 3 unspecified atom stereocenters. The van der Waals surface area contributed by atoms with E-state index in [0.717, 1.165) is 24.8 Å². The van der Waals surface area contributed by atoms with Gasteiger partial charge in [0.25, 0.3) is 0 Å². The SMILES string of the molecule is CCCCC(NCC1CCCC1C)c1ccc(F)cc1. The van der Waals surface area contributed by atoms with Crippen LogP contribution < -0.4 is 5.32 Å². The Morgan fingerprint density at radius 2 is 2.00 bits per heavy atom. The molecule has 1 fully saturated rings. The highest BCUT2D eigenvalue weighted by Crippen LogP contribution is 2.31. The summed E-state index contributed by atoms with van der Waals surface area (Å²) in [4.78, 5) is 0. The van der Waals surface area contributed by atoms with Crippen LogP contribution >= 0.6 is 0 Å². The Hall–Kier alpha value is -0.890. The van der Waals surface area contributed by atoms with Crippen LogP contribution in [0.5, 0.6) is 0 Å². The van der Waals surface area contributed by atoms with Crippen molar-refractivity contribution in [2.45, 2.75) is 58.4 Å². The highest BCUT2D eigenvalue weighted by molar-refractivity contribution is 5.19. The fourth-order valence-corrected chi connectivity index (χ4v) is 3.31. The lowest BCUT2D eigenvalue weighted by Gasteiger charge is -2.23. The van der Waals surface area contributed by atoms with Gasteiger partial charge in [0.2, 0.25) is 0 Å². The van der Waals surface area contributed by atoms with E-state index >= 15 is 0 Å². The molecule has 1 aliphatic rings. The van der Waals surface area contributed by atoms with Gasteiger partial charge in [-0.05, 0) is 48.9 Å². The molecule has 0 heterocycles. The molecule has 0 amide bonds. The van der Waals surface area contributed by atoms with Gasteiger partial charge in [-0.2, -0.15) is 0 Å². The van der Waals surface area contributed by atoms with Crippen molar-refractivity contribution in [3.63, 3.8) is 0 Å². The van der Waals surface area contributed by atoms with Gasteiger partial charge in [-0.3, -0.25) is 0 Å². The van der Waals surface area contributed by atoms with Crippen molar-refractivity contribution in [1.29, 1.82) is 0 Å². The summed E-state index contributed by atoms with van der Waals surface area (Å²) in [6.45, 7) is 5.70. The Kier molecular flexibility index (Phi) is 6.03. The smallest absolute Gasteiger partial charge is 0.123 e. The predicted octanol–water partition coefficient (Wildman–Crippen LogP) is 5.08. The normalized spacial score (nSPS) is 23.9. The molecule has 1 saturated carbocycles. The van der Waals surface area contributed by atoms with Gasteiger partial charge in [-0.1, -0.05) is 51.7 Å². The van der Waals surface area contributed by atoms with Crippen LogP contribution in [0.2, 0.25) is 0 Å². The number of hydrogen-bond donors (Lipinski definition) is 1. The molecule has 0 spiro atoms. The largest absolute Gasteiger partial charge is 0.310 e. The van der Waals surface area contributed by atoms with Crippen molar-refractivity contribution in [3.8, 4) is 0 Å². The third kappa shape index (κ3) is 4.31. The van der Waals surface area contributed by atoms with Gasteiger partial charge in [0, 0.05) is 6.04 Å². The number of nitrogens with one attached hydrogen (secondary N) is 1. The first-order valence-corrected chi connectivity index (χ1v) is 8.19. The zero-order valence-corrected chi connectivity index (χ0v) is 12.9. The lowest BCUT2D eigenvalue weighted by atomic mass is 9.96. The van der Waals surface area contributed by atoms with Gasteiger partial charge < -0.3 is 5.32 Å². The van der Waals surface area contributed by atoms with Crippen molar-refractivity contribution in [1.82, 2.24) is 5.32 Å². The fourth-order valence-electron chi connectivity index (χ4n) is 3.31. The van der Waals surface area contributed by atoms with E-state index in [1.165, 1.54) is 37.7 Å². The van der Waals surface area contributed by atoms with Gasteiger partial charge in [-0.15, -0.1) is 0 Å². The summed E-state index contributed by atoms with van der Waals surface area (Å²) in [5.74, 6) is 1.52. The standard InChI is InChI=1S/C18H28FN/c1-3-4-8-18(15-9-11-17(19)12-10-15)20-13-16-7-5-6-14(16)2/h9-12,14,16,18,20H,3-8,13H2,1-2H3. The second-order valence-electron chi connectivity index (χ2n) is 6.32. The van der Waals surface area contributed by atoms with E-state index in [1.807, 2.05) is 12.1 Å². The molecule has 0 aliphatic heterocycles. The molecule has 0 aromatic heterocycles. The third-order valence-corrected chi connectivity index (χ3v) is 4.78. The first-order chi connectivity index (χ1) is 9.70. The van der Waals surface area contributed by atoms with Gasteiger partial charge in [-0.25, -0.2) is 4.39 Å². The number of rotatable bonds is 7. The zero-order valence-electron chi connectivity index (χ0n) is 12.9. The Bertz CT molecular complexity index is 387. The van der Waals surface area contributed by atoms with Gasteiger partial charge in [0.1, 0.15) is 5.82 Å². The maximum Gasteiger partial charge on any atom is 0.123 e. The van der Waals surface area contributed by atoms with Crippen LogP contribution in [0, 0.1) is 17.7 Å². The summed E-state index contributed by atoms with van der Waals surface area (Å²) in [6, 6.07) is 7.40. The van der Waals surface area contributed by atoms with Gasteiger partial charge in [0.05, 0.1) is 0 Å². The number of unbranched alkanes of at least 4 members (excludes halogenated alkanes) is 1. The van der Waals surface area contributed by atoms with Crippen LogP contribution in [-0.4, -0.2) is 6.54 Å². The molecule has 2 rings (SSSR count). The Morgan fingerprint density at radius 3 is 2.60 bits per heavy atom. The summed E-state index contributed by atoms with van der Waals surface area (Å²) in [7, 11) is 0. The first kappa shape index (κ1) is 15.5. The molecule has 1 aliphatic carbocycles. The summed E-state index contributed by atoms with van der Waals surface area (Å²) >= 11 is 0. The van der Waals surface area contributed by atoms with Crippen molar-refractivity contribution in [2.75, 3.05) is 6.54 Å². The lowest BCUT2D eigenvalue weighted by Crippen LogP contribution is -2.28. The molecule has 0 bridgehead atoms. The molecule has 3 atom stereocenters. The maximum atomic E-state index is 13.1. The van der Waals surface area contributed by atoms with E-state index in [2.05, 4.69) is 19.2 Å². The van der Waals surface area contributed by atoms with Gasteiger partial charge in [0.15, 0.2) is 0 Å². The number of halogens is 1. The summed E-state index contributed by atoms with van der Waals surface area (Å²) < 4.78 is 13.1. The maximum absolute atomic E-state index is 13.1. The van der Waals surface area contributed by atoms with Crippen molar-refractivity contribution in [3.05, 3.63) is 35.6 Å². The molecule has 0 radical (unpaired) electrons. The lowest BCUT2D eigenvalue weighted by molar-refractivity contribution is 0.358.